The first kappa shape index (κ1) is 27.5. The van der Waals surface area contributed by atoms with Gasteiger partial charge in [0.05, 0.1) is 11.6 Å². The third-order valence-electron chi connectivity index (χ3n) is 7.47. The maximum absolute atomic E-state index is 9.02. The summed E-state index contributed by atoms with van der Waals surface area (Å²) in [5.41, 5.74) is 7.73. The van der Waals surface area contributed by atoms with Gasteiger partial charge in [-0.3, -0.25) is 0 Å². The first-order valence-electron chi connectivity index (χ1n) is 14.6. The normalized spacial score (nSPS) is 10.6. The van der Waals surface area contributed by atoms with Crippen LogP contribution in [0.15, 0.2) is 158 Å². The standard InChI is InChI=1S/C40H26N4O/c41-27-28-11-13-29(14-12-28)31-19-23-36(24-20-31)45-37-25-21-32(22-26-37)30-15-17-35(18-16-30)40-43-38(33-7-3-1-4-8-33)42-39(44-40)34-9-5-2-6-10-34/h1-26H. The van der Waals surface area contributed by atoms with Crippen LogP contribution in [0.3, 0.4) is 0 Å². The first-order valence-corrected chi connectivity index (χ1v) is 14.6. The first-order chi connectivity index (χ1) is 22.2. The zero-order chi connectivity index (χ0) is 30.4. The van der Waals surface area contributed by atoms with Gasteiger partial charge in [-0.2, -0.15) is 5.26 Å². The number of nitrogens with zero attached hydrogens (tertiary/aromatic N) is 4. The number of ether oxygens (including phenoxy) is 1. The van der Waals surface area contributed by atoms with Gasteiger partial charge in [-0.15, -0.1) is 0 Å². The average Bonchev–Trinajstić information content (AvgIpc) is 3.13. The monoisotopic (exact) mass is 578 g/mol. The molecule has 0 atom stereocenters. The molecule has 1 aromatic heterocycles. The zero-order valence-electron chi connectivity index (χ0n) is 24.2. The summed E-state index contributed by atoms with van der Waals surface area (Å²) in [5.74, 6) is 3.43. The van der Waals surface area contributed by atoms with Gasteiger partial charge in [-0.25, -0.2) is 15.0 Å². The van der Waals surface area contributed by atoms with Crippen LogP contribution in [0.1, 0.15) is 5.56 Å². The fourth-order valence-corrected chi connectivity index (χ4v) is 5.05. The van der Waals surface area contributed by atoms with E-state index in [1.807, 2.05) is 133 Å². The lowest BCUT2D eigenvalue weighted by molar-refractivity contribution is 0.483. The molecule has 1 heterocycles. The van der Waals surface area contributed by atoms with Crippen molar-refractivity contribution in [2.45, 2.75) is 0 Å². The number of nitriles is 1. The SMILES string of the molecule is N#Cc1ccc(-c2ccc(Oc3ccc(-c4ccc(-c5nc(-c6ccccc6)nc(-c6ccccc6)n5)cc4)cc3)cc2)cc1. The van der Waals surface area contributed by atoms with Crippen molar-refractivity contribution in [3.8, 4) is 74.0 Å². The van der Waals surface area contributed by atoms with Crippen LogP contribution in [0, 0.1) is 11.3 Å². The predicted octanol–water partition coefficient (Wildman–Crippen LogP) is 9.87. The number of hydrogen-bond donors (Lipinski definition) is 0. The van der Waals surface area contributed by atoms with E-state index in [1.165, 1.54) is 0 Å². The summed E-state index contributed by atoms with van der Waals surface area (Å²) in [4.78, 5) is 14.4. The Balaban J connectivity index is 1.09. The molecule has 6 aromatic carbocycles. The Bertz CT molecular complexity index is 2030. The largest absolute Gasteiger partial charge is 0.457 e. The Morgan fingerprint density at radius 3 is 1.04 bits per heavy atom. The van der Waals surface area contributed by atoms with E-state index in [-0.39, 0.29) is 0 Å². The third-order valence-corrected chi connectivity index (χ3v) is 7.47. The Labute approximate surface area is 261 Å². The van der Waals surface area contributed by atoms with Crippen molar-refractivity contribution in [2.75, 3.05) is 0 Å². The zero-order valence-corrected chi connectivity index (χ0v) is 24.2. The molecule has 5 heteroatoms. The summed E-state index contributed by atoms with van der Waals surface area (Å²) in [6.07, 6.45) is 0. The van der Waals surface area contributed by atoms with Gasteiger partial charge in [0.25, 0.3) is 0 Å². The van der Waals surface area contributed by atoms with Gasteiger partial charge in [0.2, 0.25) is 0 Å². The van der Waals surface area contributed by atoms with Gasteiger partial charge in [0.15, 0.2) is 17.5 Å². The second kappa shape index (κ2) is 12.5. The molecule has 0 saturated carbocycles. The third kappa shape index (κ3) is 6.22. The Hall–Kier alpha value is -6.38. The van der Waals surface area contributed by atoms with Gasteiger partial charge in [-0.05, 0) is 58.7 Å². The predicted molar refractivity (Wildman–Crippen MR) is 178 cm³/mol. The van der Waals surface area contributed by atoms with E-state index in [9.17, 15) is 0 Å². The van der Waals surface area contributed by atoms with E-state index in [0.29, 0.717) is 23.0 Å². The number of hydrogen-bond acceptors (Lipinski definition) is 5. The minimum Gasteiger partial charge on any atom is -0.457 e. The highest BCUT2D eigenvalue weighted by molar-refractivity contribution is 5.71. The van der Waals surface area contributed by atoms with Crippen LogP contribution >= 0.6 is 0 Å². The summed E-state index contributed by atoms with van der Waals surface area (Å²) < 4.78 is 6.10. The summed E-state index contributed by atoms with van der Waals surface area (Å²) in [6, 6.07) is 53.9. The minimum absolute atomic E-state index is 0.628. The summed E-state index contributed by atoms with van der Waals surface area (Å²) in [7, 11) is 0. The van der Waals surface area contributed by atoms with Crippen molar-refractivity contribution in [2.24, 2.45) is 0 Å². The van der Waals surface area contributed by atoms with Crippen LogP contribution in [-0.4, -0.2) is 15.0 Å². The van der Waals surface area contributed by atoms with E-state index >= 15 is 0 Å². The minimum atomic E-state index is 0.628. The van der Waals surface area contributed by atoms with Crippen LogP contribution in [0.4, 0.5) is 0 Å². The number of rotatable bonds is 7. The molecule has 0 saturated heterocycles. The Morgan fingerprint density at radius 1 is 0.356 bits per heavy atom. The van der Waals surface area contributed by atoms with E-state index in [1.54, 1.807) is 0 Å². The van der Waals surface area contributed by atoms with Crippen molar-refractivity contribution in [3.63, 3.8) is 0 Å². The summed E-state index contributed by atoms with van der Waals surface area (Å²) in [5, 5.41) is 9.02. The van der Waals surface area contributed by atoms with Gasteiger partial charge in [0.1, 0.15) is 11.5 Å². The number of benzene rings is 6. The molecule has 0 fully saturated rings. The maximum Gasteiger partial charge on any atom is 0.164 e. The molecule has 7 rings (SSSR count). The Morgan fingerprint density at radius 2 is 0.667 bits per heavy atom. The van der Waals surface area contributed by atoms with Gasteiger partial charge in [0, 0.05) is 16.7 Å². The fourth-order valence-electron chi connectivity index (χ4n) is 5.05. The van der Waals surface area contributed by atoms with Gasteiger partial charge in [-0.1, -0.05) is 121 Å². The Kier molecular flexibility index (Phi) is 7.60. The topological polar surface area (TPSA) is 71.7 Å². The van der Waals surface area contributed by atoms with Crippen molar-refractivity contribution < 1.29 is 4.74 Å². The van der Waals surface area contributed by atoms with Crippen molar-refractivity contribution >= 4 is 0 Å². The lowest BCUT2D eigenvalue weighted by Crippen LogP contribution is -2.00. The van der Waals surface area contributed by atoms with Crippen LogP contribution in [-0.2, 0) is 0 Å². The molecule has 5 nitrogen and oxygen atoms in total. The highest BCUT2D eigenvalue weighted by Crippen LogP contribution is 2.30. The van der Waals surface area contributed by atoms with E-state index in [0.717, 1.165) is 50.4 Å². The molecular formula is C40H26N4O. The van der Waals surface area contributed by atoms with Gasteiger partial charge < -0.3 is 4.74 Å². The van der Waals surface area contributed by atoms with E-state index < -0.39 is 0 Å². The van der Waals surface area contributed by atoms with Crippen molar-refractivity contribution in [1.82, 2.24) is 15.0 Å². The quantitative estimate of drug-likeness (QED) is 0.188. The van der Waals surface area contributed by atoms with E-state index in [2.05, 4.69) is 30.3 Å². The lowest BCUT2D eigenvalue weighted by atomic mass is 10.0. The highest BCUT2D eigenvalue weighted by atomic mass is 16.5. The molecule has 212 valence electrons. The molecule has 0 aliphatic rings. The summed E-state index contributed by atoms with van der Waals surface area (Å²) in [6.45, 7) is 0. The molecule has 0 aliphatic heterocycles. The molecule has 0 N–H and O–H groups in total. The molecule has 0 bridgehead atoms. The van der Waals surface area contributed by atoms with Crippen molar-refractivity contribution in [3.05, 3.63) is 163 Å². The average molecular weight is 579 g/mol. The molecule has 0 unspecified atom stereocenters. The lowest BCUT2D eigenvalue weighted by Gasteiger charge is -2.10. The molecule has 45 heavy (non-hydrogen) atoms. The fraction of sp³-hybridized carbons (Fsp3) is 0. The van der Waals surface area contributed by atoms with Gasteiger partial charge >= 0.3 is 0 Å². The second-order valence-electron chi connectivity index (χ2n) is 10.5. The van der Waals surface area contributed by atoms with E-state index in [4.69, 9.17) is 25.0 Å². The second-order valence-corrected chi connectivity index (χ2v) is 10.5. The van der Waals surface area contributed by atoms with Crippen molar-refractivity contribution in [1.29, 1.82) is 5.26 Å². The molecule has 7 aromatic rings. The summed E-state index contributed by atoms with van der Waals surface area (Å²) >= 11 is 0. The maximum atomic E-state index is 9.02. The molecule has 0 amide bonds. The van der Waals surface area contributed by atoms with Crippen LogP contribution in [0.5, 0.6) is 11.5 Å². The molecule has 0 spiro atoms. The highest BCUT2D eigenvalue weighted by Gasteiger charge is 2.12. The van der Waals surface area contributed by atoms with Crippen LogP contribution in [0.2, 0.25) is 0 Å². The smallest absolute Gasteiger partial charge is 0.164 e. The van der Waals surface area contributed by atoms with Crippen LogP contribution < -0.4 is 4.74 Å². The van der Waals surface area contributed by atoms with Crippen LogP contribution in [0.25, 0.3) is 56.4 Å². The molecule has 0 aliphatic carbocycles. The number of aromatic nitrogens is 3. The molecule has 0 radical (unpaired) electrons. The molecular weight excluding hydrogens is 552 g/mol.